The Hall–Kier alpha value is -2.87. The number of likely N-dealkylation sites (tertiary alicyclic amines) is 1. The van der Waals surface area contributed by atoms with E-state index in [-0.39, 0.29) is 24.3 Å². The first-order chi connectivity index (χ1) is 14.0. The van der Waals surface area contributed by atoms with Crippen LogP contribution in [0, 0.1) is 0 Å². The van der Waals surface area contributed by atoms with Crippen molar-refractivity contribution in [2.75, 3.05) is 32.1 Å². The Morgan fingerprint density at radius 3 is 2.66 bits per heavy atom. The van der Waals surface area contributed by atoms with Crippen LogP contribution in [0.5, 0.6) is 5.75 Å². The number of anilines is 1. The van der Waals surface area contributed by atoms with Crippen molar-refractivity contribution >= 4 is 34.7 Å². The summed E-state index contributed by atoms with van der Waals surface area (Å²) in [6.45, 7) is 0.684. The third-order valence-corrected chi connectivity index (χ3v) is 6.14. The highest BCUT2D eigenvalue weighted by atomic mass is 32.1. The summed E-state index contributed by atoms with van der Waals surface area (Å²) >= 11 is 1.38. The third kappa shape index (κ3) is 3.60. The monoisotopic (exact) mass is 413 g/mol. The van der Waals surface area contributed by atoms with Gasteiger partial charge in [0.05, 0.1) is 17.1 Å². The molecular formula is C21H23N3O4S. The van der Waals surface area contributed by atoms with Crippen molar-refractivity contribution in [3.63, 3.8) is 0 Å². The average molecular weight is 413 g/mol. The van der Waals surface area contributed by atoms with Crippen molar-refractivity contribution in [2.45, 2.75) is 25.0 Å². The number of nitrogens with zero attached hydrogens (tertiary/aromatic N) is 3. The molecule has 3 heterocycles. The Labute approximate surface area is 173 Å². The van der Waals surface area contributed by atoms with Gasteiger partial charge in [-0.25, -0.2) is 0 Å². The predicted octanol–water partition coefficient (Wildman–Crippen LogP) is 2.24. The van der Waals surface area contributed by atoms with E-state index in [1.165, 1.54) is 16.2 Å². The van der Waals surface area contributed by atoms with Crippen molar-refractivity contribution in [1.29, 1.82) is 0 Å². The van der Waals surface area contributed by atoms with Crippen LogP contribution in [0.1, 0.15) is 22.5 Å². The fourth-order valence-electron chi connectivity index (χ4n) is 3.85. The van der Waals surface area contributed by atoms with Gasteiger partial charge in [0.1, 0.15) is 11.8 Å². The van der Waals surface area contributed by atoms with Gasteiger partial charge in [-0.1, -0.05) is 18.2 Å². The minimum atomic E-state index is -0.772. The second-order valence-electron chi connectivity index (χ2n) is 7.39. The van der Waals surface area contributed by atoms with Gasteiger partial charge in [0.15, 0.2) is 6.10 Å². The van der Waals surface area contributed by atoms with Gasteiger partial charge >= 0.3 is 0 Å². The summed E-state index contributed by atoms with van der Waals surface area (Å²) in [5.74, 6) is 0.0229. The minimum absolute atomic E-state index is 0.113. The third-order valence-electron chi connectivity index (χ3n) is 5.29. The van der Waals surface area contributed by atoms with Crippen LogP contribution in [0.15, 0.2) is 41.8 Å². The van der Waals surface area contributed by atoms with E-state index in [1.54, 1.807) is 36.0 Å². The van der Waals surface area contributed by atoms with E-state index in [2.05, 4.69) is 0 Å². The summed E-state index contributed by atoms with van der Waals surface area (Å²) < 4.78 is 5.87. The molecule has 2 atom stereocenters. The molecular weight excluding hydrogens is 390 g/mol. The molecule has 0 aliphatic carbocycles. The highest BCUT2D eigenvalue weighted by molar-refractivity contribution is 7.12. The van der Waals surface area contributed by atoms with Gasteiger partial charge in [0, 0.05) is 20.6 Å². The maximum atomic E-state index is 13.5. The van der Waals surface area contributed by atoms with Gasteiger partial charge in [-0.2, -0.15) is 0 Å². The number of rotatable bonds is 3. The van der Waals surface area contributed by atoms with E-state index in [1.807, 2.05) is 29.6 Å². The first-order valence-corrected chi connectivity index (χ1v) is 10.5. The summed E-state index contributed by atoms with van der Waals surface area (Å²) in [5.41, 5.74) is 0.635. The van der Waals surface area contributed by atoms with E-state index in [0.717, 1.165) is 6.42 Å². The van der Waals surface area contributed by atoms with E-state index in [0.29, 0.717) is 29.3 Å². The van der Waals surface area contributed by atoms with Gasteiger partial charge in [0.25, 0.3) is 11.8 Å². The Morgan fingerprint density at radius 1 is 1.14 bits per heavy atom. The number of thiophene rings is 1. The lowest BCUT2D eigenvalue weighted by molar-refractivity contribution is -0.136. The fraction of sp³-hybridized carbons (Fsp3) is 0.381. The maximum Gasteiger partial charge on any atom is 0.265 e. The van der Waals surface area contributed by atoms with Crippen LogP contribution >= 0.6 is 11.3 Å². The number of fused-ring (bicyclic) bond motifs is 1. The number of para-hydroxylation sites is 2. The molecule has 29 heavy (non-hydrogen) atoms. The topological polar surface area (TPSA) is 70.2 Å². The van der Waals surface area contributed by atoms with Crippen LogP contribution < -0.4 is 9.64 Å². The molecule has 0 N–H and O–H groups in total. The number of carbonyl (C=O) groups is 3. The van der Waals surface area contributed by atoms with Crippen molar-refractivity contribution < 1.29 is 19.1 Å². The summed E-state index contributed by atoms with van der Waals surface area (Å²) in [6.07, 6.45) is 0.619. The summed E-state index contributed by atoms with van der Waals surface area (Å²) in [6, 6.07) is 10.3. The predicted molar refractivity (Wildman–Crippen MR) is 110 cm³/mol. The molecule has 0 spiro atoms. The molecule has 7 nitrogen and oxygen atoms in total. The Kier molecular flexibility index (Phi) is 5.27. The van der Waals surface area contributed by atoms with Crippen LogP contribution in [0.4, 0.5) is 5.69 Å². The zero-order valence-corrected chi connectivity index (χ0v) is 17.2. The quantitative estimate of drug-likeness (QED) is 0.774. The number of likely N-dealkylation sites (N-methyl/N-ethyl adjacent to an activating group) is 1. The second kappa shape index (κ2) is 7.87. The van der Waals surface area contributed by atoms with Gasteiger partial charge in [-0.15, -0.1) is 11.3 Å². The van der Waals surface area contributed by atoms with E-state index in [9.17, 15) is 14.4 Å². The van der Waals surface area contributed by atoms with Crippen LogP contribution in [0.3, 0.4) is 0 Å². The molecule has 8 heteroatoms. The summed E-state index contributed by atoms with van der Waals surface area (Å²) in [4.78, 5) is 44.3. The molecule has 0 bridgehead atoms. The number of carbonyl (C=O) groups excluding carboxylic acids is 3. The molecule has 2 aliphatic heterocycles. The minimum Gasteiger partial charge on any atom is -0.476 e. The molecule has 1 aromatic carbocycles. The van der Waals surface area contributed by atoms with Crippen LogP contribution in [-0.2, 0) is 9.59 Å². The second-order valence-corrected chi connectivity index (χ2v) is 8.34. The molecule has 0 radical (unpaired) electrons. The molecule has 1 saturated heterocycles. The first-order valence-electron chi connectivity index (χ1n) is 9.60. The van der Waals surface area contributed by atoms with Crippen molar-refractivity contribution in [3.05, 3.63) is 46.7 Å². The maximum absolute atomic E-state index is 13.5. The van der Waals surface area contributed by atoms with Gasteiger partial charge in [-0.3, -0.25) is 14.4 Å². The molecule has 1 fully saturated rings. The van der Waals surface area contributed by atoms with E-state index >= 15 is 0 Å². The zero-order valence-electron chi connectivity index (χ0n) is 16.4. The Balaban J connectivity index is 1.62. The largest absolute Gasteiger partial charge is 0.476 e. The highest BCUT2D eigenvalue weighted by Gasteiger charge is 2.41. The number of hydrogen-bond acceptors (Lipinski definition) is 5. The number of amides is 3. The number of benzene rings is 1. The molecule has 3 amide bonds. The van der Waals surface area contributed by atoms with E-state index < -0.39 is 12.1 Å². The molecule has 4 rings (SSSR count). The van der Waals surface area contributed by atoms with Crippen molar-refractivity contribution in [1.82, 2.24) is 9.80 Å². The Morgan fingerprint density at radius 2 is 1.93 bits per heavy atom. The normalized spacial score (nSPS) is 20.8. The van der Waals surface area contributed by atoms with Crippen LogP contribution in [-0.4, -0.2) is 66.9 Å². The smallest absolute Gasteiger partial charge is 0.265 e. The first kappa shape index (κ1) is 19.4. The lowest BCUT2D eigenvalue weighted by Gasteiger charge is -2.37. The zero-order chi connectivity index (χ0) is 20.5. The van der Waals surface area contributed by atoms with Gasteiger partial charge in [-0.05, 0) is 36.4 Å². The highest BCUT2D eigenvalue weighted by Crippen LogP contribution is 2.35. The molecule has 152 valence electrons. The lowest BCUT2D eigenvalue weighted by atomic mass is 10.1. The molecule has 0 unspecified atom stereocenters. The molecule has 1 aromatic heterocycles. The number of hydrogen-bond donors (Lipinski definition) is 0. The molecule has 0 saturated carbocycles. The Bertz CT molecular complexity index is 928. The standard InChI is InChI=1S/C21H23N3O4S/c1-22(2)20(26)17-13-24(14-7-3-4-9-16(14)28-17)19(25)15-8-5-11-23(15)21(27)18-10-6-12-29-18/h3-4,6-7,9-10,12,15,17H,5,8,11,13H2,1-2H3/t15-,17+/m1/s1. The van der Waals surface area contributed by atoms with Crippen molar-refractivity contribution in [2.24, 2.45) is 0 Å². The SMILES string of the molecule is CN(C)C(=O)[C@@H]1CN(C(=O)[C@H]2CCCN2C(=O)c2cccs2)c2ccccc2O1. The van der Waals surface area contributed by atoms with Crippen LogP contribution in [0.25, 0.3) is 0 Å². The molecule has 2 aliphatic rings. The van der Waals surface area contributed by atoms with Crippen molar-refractivity contribution in [3.8, 4) is 5.75 Å². The average Bonchev–Trinajstić information content (AvgIpc) is 3.43. The van der Waals surface area contributed by atoms with Crippen LogP contribution in [0.2, 0.25) is 0 Å². The van der Waals surface area contributed by atoms with Gasteiger partial charge < -0.3 is 19.4 Å². The number of ether oxygens (including phenoxy) is 1. The lowest BCUT2D eigenvalue weighted by Crippen LogP contribution is -2.55. The molecule has 2 aromatic rings. The van der Waals surface area contributed by atoms with E-state index in [4.69, 9.17) is 4.74 Å². The van der Waals surface area contributed by atoms with Gasteiger partial charge in [0.2, 0.25) is 5.91 Å². The summed E-state index contributed by atoms with van der Waals surface area (Å²) in [5, 5.41) is 1.86. The fourth-order valence-corrected chi connectivity index (χ4v) is 4.53. The summed E-state index contributed by atoms with van der Waals surface area (Å²) in [7, 11) is 3.33.